The molecule has 130 valence electrons. The number of benzene rings is 2. The fraction of sp³-hybridized carbons (Fsp3) is 0.333. The van der Waals surface area contributed by atoms with Gasteiger partial charge in [0.15, 0.2) is 0 Å². The molecule has 0 saturated carbocycles. The number of piperidine rings is 1. The van der Waals surface area contributed by atoms with Crippen molar-refractivity contribution in [1.82, 2.24) is 13.1 Å². The van der Waals surface area contributed by atoms with Crippen LogP contribution in [-0.4, -0.2) is 34.6 Å². The smallest absolute Gasteiger partial charge is 0.207 e. The highest BCUT2D eigenvalue weighted by molar-refractivity contribution is 7.89. The van der Waals surface area contributed by atoms with Gasteiger partial charge in [0.1, 0.15) is 15.9 Å². The van der Waals surface area contributed by atoms with Crippen molar-refractivity contribution in [3.05, 3.63) is 54.1 Å². The summed E-state index contributed by atoms with van der Waals surface area (Å²) in [6, 6.07) is 15.6. The van der Waals surface area contributed by atoms with Crippen LogP contribution in [0.1, 0.15) is 18.4 Å². The predicted molar refractivity (Wildman–Crippen MR) is 99.0 cm³/mol. The van der Waals surface area contributed by atoms with E-state index in [2.05, 4.69) is 33.0 Å². The van der Waals surface area contributed by atoms with E-state index in [0.717, 1.165) is 31.0 Å². The van der Waals surface area contributed by atoms with Crippen molar-refractivity contribution in [2.75, 3.05) is 13.1 Å². The molecule has 1 fully saturated rings. The van der Waals surface area contributed by atoms with Crippen LogP contribution in [0, 0.1) is 5.92 Å². The van der Waals surface area contributed by atoms with Crippen LogP contribution in [0.15, 0.2) is 53.4 Å². The van der Waals surface area contributed by atoms with Crippen LogP contribution in [0.5, 0.6) is 0 Å². The second kappa shape index (κ2) is 6.82. The molecule has 0 radical (unpaired) electrons. The lowest BCUT2D eigenvalue weighted by molar-refractivity contribution is 0.273. The Labute approximate surface area is 151 Å². The minimum absolute atomic E-state index is 0.278. The SMILES string of the molecule is O=S(=O)(c1cccc2nsnc12)N1CCC(Cc2ccccc2)CC1. The van der Waals surface area contributed by atoms with Gasteiger partial charge >= 0.3 is 0 Å². The third-order valence-electron chi connectivity index (χ3n) is 4.81. The van der Waals surface area contributed by atoms with Gasteiger partial charge in [0.05, 0.1) is 11.7 Å². The van der Waals surface area contributed by atoms with Gasteiger partial charge in [-0.25, -0.2) is 8.42 Å². The van der Waals surface area contributed by atoms with Crippen molar-refractivity contribution >= 4 is 32.8 Å². The molecule has 0 N–H and O–H groups in total. The van der Waals surface area contributed by atoms with Gasteiger partial charge < -0.3 is 0 Å². The Hall–Kier alpha value is -1.83. The van der Waals surface area contributed by atoms with E-state index in [9.17, 15) is 8.42 Å². The Morgan fingerprint density at radius 3 is 2.52 bits per heavy atom. The zero-order valence-corrected chi connectivity index (χ0v) is 15.3. The minimum atomic E-state index is -3.52. The van der Waals surface area contributed by atoms with Crippen molar-refractivity contribution < 1.29 is 8.42 Å². The van der Waals surface area contributed by atoms with Crippen molar-refractivity contribution in [2.24, 2.45) is 5.92 Å². The summed E-state index contributed by atoms with van der Waals surface area (Å²) in [7, 11) is -3.52. The number of sulfonamides is 1. The highest BCUT2D eigenvalue weighted by Crippen LogP contribution is 2.29. The maximum atomic E-state index is 13.0. The first-order valence-corrected chi connectivity index (χ1v) is 10.6. The molecule has 2 heterocycles. The zero-order chi connectivity index (χ0) is 17.3. The first-order chi connectivity index (χ1) is 12.1. The number of hydrogen-bond acceptors (Lipinski definition) is 5. The highest BCUT2D eigenvalue weighted by atomic mass is 32.2. The summed E-state index contributed by atoms with van der Waals surface area (Å²) in [5.74, 6) is 0.533. The van der Waals surface area contributed by atoms with E-state index < -0.39 is 10.0 Å². The lowest BCUT2D eigenvalue weighted by Crippen LogP contribution is -2.39. The number of rotatable bonds is 4. The quantitative estimate of drug-likeness (QED) is 0.704. The molecule has 3 aromatic rings. The summed E-state index contributed by atoms with van der Waals surface area (Å²) in [5, 5.41) is 0. The molecule has 2 aromatic carbocycles. The minimum Gasteiger partial charge on any atom is -0.207 e. The summed E-state index contributed by atoms with van der Waals surface area (Å²) in [6.07, 6.45) is 2.79. The van der Waals surface area contributed by atoms with E-state index in [-0.39, 0.29) is 4.90 Å². The van der Waals surface area contributed by atoms with E-state index in [4.69, 9.17) is 0 Å². The Morgan fingerprint density at radius 1 is 1.00 bits per heavy atom. The third-order valence-corrected chi connectivity index (χ3v) is 7.28. The van der Waals surface area contributed by atoms with Gasteiger partial charge in [-0.15, -0.1) is 0 Å². The molecule has 7 heteroatoms. The molecular formula is C18H19N3O2S2. The van der Waals surface area contributed by atoms with Crippen LogP contribution >= 0.6 is 11.7 Å². The monoisotopic (exact) mass is 373 g/mol. The van der Waals surface area contributed by atoms with Crippen LogP contribution in [-0.2, 0) is 16.4 Å². The number of nitrogens with zero attached hydrogens (tertiary/aromatic N) is 3. The standard InChI is InChI=1S/C18H19N3O2S2/c22-25(23,17-8-4-7-16-18(17)20-24-19-16)21-11-9-15(10-12-21)13-14-5-2-1-3-6-14/h1-8,15H,9-13H2. The zero-order valence-electron chi connectivity index (χ0n) is 13.7. The molecule has 1 aliphatic rings. The van der Waals surface area contributed by atoms with Crippen molar-refractivity contribution in [1.29, 1.82) is 0 Å². The molecule has 5 nitrogen and oxygen atoms in total. The average Bonchev–Trinajstić information content (AvgIpc) is 3.11. The molecule has 1 saturated heterocycles. The molecule has 0 amide bonds. The van der Waals surface area contributed by atoms with E-state index in [1.165, 1.54) is 5.56 Å². The van der Waals surface area contributed by atoms with E-state index in [0.29, 0.717) is 30.0 Å². The molecule has 25 heavy (non-hydrogen) atoms. The van der Waals surface area contributed by atoms with Crippen molar-refractivity contribution in [3.8, 4) is 0 Å². The predicted octanol–water partition coefficient (Wildman–Crippen LogP) is 3.33. The molecule has 1 aromatic heterocycles. The molecule has 0 unspecified atom stereocenters. The Balaban J connectivity index is 1.49. The average molecular weight is 374 g/mol. The van der Waals surface area contributed by atoms with Gasteiger partial charge in [-0.2, -0.15) is 13.1 Å². The van der Waals surface area contributed by atoms with Gasteiger partial charge in [-0.05, 0) is 42.9 Å². The highest BCUT2D eigenvalue weighted by Gasteiger charge is 2.31. The fourth-order valence-electron chi connectivity index (χ4n) is 3.43. The van der Waals surface area contributed by atoms with Crippen molar-refractivity contribution in [3.63, 3.8) is 0 Å². The van der Waals surface area contributed by atoms with Crippen molar-refractivity contribution in [2.45, 2.75) is 24.2 Å². The maximum Gasteiger partial charge on any atom is 0.245 e. The van der Waals surface area contributed by atoms with E-state index in [1.807, 2.05) is 6.07 Å². The van der Waals surface area contributed by atoms with Crippen LogP contribution in [0.2, 0.25) is 0 Å². The number of aromatic nitrogens is 2. The van der Waals surface area contributed by atoms with Crippen LogP contribution < -0.4 is 0 Å². The number of fused-ring (bicyclic) bond motifs is 1. The third kappa shape index (κ3) is 3.31. The Morgan fingerprint density at radius 2 is 1.76 bits per heavy atom. The normalized spacial score (nSPS) is 17.1. The van der Waals surface area contributed by atoms with Gasteiger partial charge in [0, 0.05) is 13.1 Å². The van der Waals surface area contributed by atoms with Crippen LogP contribution in [0.25, 0.3) is 11.0 Å². The second-order valence-electron chi connectivity index (χ2n) is 6.43. The van der Waals surface area contributed by atoms with Gasteiger partial charge in [-0.3, -0.25) is 0 Å². The molecule has 0 bridgehead atoms. The topological polar surface area (TPSA) is 63.2 Å². The molecule has 0 spiro atoms. The molecular weight excluding hydrogens is 354 g/mol. The van der Waals surface area contributed by atoms with E-state index >= 15 is 0 Å². The molecule has 4 rings (SSSR count). The first kappa shape index (κ1) is 16.6. The Kier molecular flexibility index (Phi) is 4.54. The van der Waals surface area contributed by atoms with Gasteiger partial charge in [0.25, 0.3) is 0 Å². The lowest BCUT2D eigenvalue weighted by atomic mass is 9.91. The van der Waals surface area contributed by atoms with E-state index in [1.54, 1.807) is 22.5 Å². The van der Waals surface area contributed by atoms with Crippen LogP contribution in [0.3, 0.4) is 0 Å². The fourth-order valence-corrected chi connectivity index (χ4v) is 5.65. The summed E-state index contributed by atoms with van der Waals surface area (Å²) in [4.78, 5) is 0.278. The molecule has 0 aliphatic carbocycles. The molecule has 0 atom stereocenters. The summed E-state index contributed by atoms with van der Waals surface area (Å²) >= 11 is 1.05. The Bertz CT molecular complexity index is 962. The number of hydrogen-bond donors (Lipinski definition) is 0. The summed E-state index contributed by atoms with van der Waals surface area (Å²) in [6.45, 7) is 1.13. The summed E-state index contributed by atoms with van der Waals surface area (Å²) in [5.41, 5.74) is 2.45. The lowest BCUT2D eigenvalue weighted by Gasteiger charge is -2.31. The van der Waals surface area contributed by atoms with Gasteiger partial charge in [-0.1, -0.05) is 36.4 Å². The second-order valence-corrected chi connectivity index (χ2v) is 8.86. The maximum absolute atomic E-state index is 13.0. The first-order valence-electron chi connectivity index (χ1n) is 8.40. The molecule has 1 aliphatic heterocycles. The van der Waals surface area contributed by atoms with Crippen LogP contribution in [0.4, 0.5) is 0 Å². The largest absolute Gasteiger partial charge is 0.245 e. The summed E-state index contributed by atoms with van der Waals surface area (Å²) < 4.78 is 36.0. The van der Waals surface area contributed by atoms with Gasteiger partial charge in [0.2, 0.25) is 10.0 Å².